The van der Waals surface area contributed by atoms with Gasteiger partial charge in [0.05, 0.1) is 12.0 Å². The highest BCUT2D eigenvalue weighted by atomic mass is 16.6. The number of hydrogen-bond donors (Lipinski definition) is 2. The fourth-order valence-corrected chi connectivity index (χ4v) is 7.37. The fraction of sp³-hybridized carbons (Fsp3) is 0.633. The van der Waals surface area contributed by atoms with Gasteiger partial charge in [-0.05, 0) is 76.9 Å². The molecular formula is C30H40O7. The van der Waals surface area contributed by atoms with Gasteiger partial charge in [0, 0.05) is 22.5 Å². The summed E-state index contributed by atoms with van der Waals surface area (Å²) in [7, 11) is 0. The van der Waals surface area contributed by atoms with E-state index in [1.807, 2.05) is 6.92 Å². The Morgan fingerprint density at radius 1 is 1.11 bits per heavy atom. The molecule has 4 aliphatic carbocycles. The lowest BCUT2D eigenvalue weighted by Crippen LogP contribution is -2.65. The van der Waals surface area contributed by atoms with Crippen molar-refractivity contribution in [3.8, 4) is 0 Å². The molecule has 0 aromatic carbocycles. The molecule has 0 aromatic rings. The molecule has 2 bridgehead atoms. The molecule has 0 aromatic heterocycles. The van der Waals surface area contributed by atoms with Gasteiger partial charge in [-0.2, -0.15) is 0 Å². The van der Waals surface area contributed by atoms with Gasteiger partial charge in [0.1, 0.15) is 6.10 Å². The smallest absolute Gasteiger partial charge is 0.334 e. The van der Waals surface area contributed by atoms with Gasteiger partial charge in [-0.3, -0.25) is 4.79 Å². The molecule has 7 nitrogen and oxygen atoms in total. The van der Waals surface area contributed by atoms with Crippen LogP contribution in [0.15, 0.2) is 46.6 Å². The number of aliphatic hydroxyl groups excluding tert-OH is 1. The Hall–Kier alpha value is -2.51. The first kappa shape index (κ1) is 27.5. The highest BCUT2D eigenvalue weighted by Crippen LogP contribution is 2.72. The lowest BCUT2D eigenvalue weighted by molar-refractivity contribution is -0.201. The molecule has 2 saturated carbocycles. The topological polar surface area (TPSA) is 110 Å². The second kappa shape index (κ2) is 9.05. The number of aliphatic hydroxyl groups is 2. The van der Waals surface area contributed by atoms with Crippen LogP contribution in [-0.4, -0.2) is 52.4 Å². The maximum absolute atomic E-state index is 14.5. The largest absolute Gasteiger partial charge is 0.462 e. The first-order chi connectivity index (χ1) is 17.2. The van der Waals surface area contributed by atoms with Crippen molar-refractivity contribution < 1.29 is 34.1 Å². The van der Waals surface area contributed by atoms with Gasteiger partial charge in [0.25, 0.3) is 0 Å². The van der Waals surface area contributed by atoms with Crippen molar-refractivity contribution in [2.45, 2.75) is 79.6 Å². The van der Waals surface area contributed by atoms with E-state index in [-0.39, 0.29) is 36.1 Å². The van der Waals surface area contributed by atoms with Gasteiger partial charge in [-0.1, -0.05) is 38.2 Å². The van der Waals surface area contributed by atoms with E-state index in [1.54, 1.807) is 65.8 Å². The van der Waals surface area contributed by atoms with Gasteiger partial charge in [0.2, 0.25) is 0 Å². The molecule has 7 heteroatoms. The fourth-order valence-electron chi connectivity index (χ4n) is 7.37. The maximum atomic E-state index is 14.5. The van der Waals surface area contributed by atoms with E-state index in [4.69, 9.17) is 9.47 Å². The van der Waals surface area contributed by atoms with E-state index in [9.17, 15) is 24.6 Å². The average molecular weight is 513 g/mol. The second-order valence-electron chi connectivity index (χ2n) is 11.9. The van der Waals surface area contributed by atoms with Gasteiger partial charge in [0.15, 0.2) is 17.5 Å². The third-order valence-corrected chi connectivity index (χ3v) is 9.89. The summed E-state index contributed by atoms with van der Waals surface area (Å²) in [6, 6.07) is 0. The number of esters is 2. The molecule has 37 heavy (non-hydrogen) atoms. The molecule has 4 aliphatic rings. The number of ketones is 1. The average Bonchev–Trinajstić information content (AvgIpc) is 3.40. The van der Waals surface area contributed by atoms with Crippen molar-refractivity contribution in [1.29, 1.82) is 0 Å². The number of fused-ring (bicyclic) bond motifs is 3. The van der Waals surface area contributed by atoms with E-state index in [1.165, 1.54) is 0 Å². The van der Waals surface area contributed by atoms with Crippen molar-refractivity contribution in [3.63, 3.8) is 0 Å². The van der Waals surface area contributed by atoms with Crippen LogP contribution in [0.25, 0.3) is 0 Å². The van der Waals surface area contributed by atoms with Crippen LogP contribution in [-0.2, 0) is 23.9 Å². The Morgan fingerprint density at radius 2 is 1.70 bits per heavy atom. The Labute approximate surface area is 219 Å². The van der Waals surface area contributed by atoms with E-state index in [0.717, 1.165) is 0 Å². The number of carbonyl (C=O) groups is 3. The molecule has 0 amide bonds. The van der Waals surface area contributed by atoms with Gasteiger partial charge < -0.3 is 19.7 Å². The van der Waals surface area contributed by atoms with Crippen molar-refractivity contribution in [2.24, 2.45) is 34.5 Å². The minimum absolute atomic E-state index is 0.0920. The van der Waals surface area contributed by atoms with Crippen LogP contribution in [0.5, 0.6) is 0 Å². The summed E-state index contributed by atoms with van der Waals surface area (Å²) < 4.78 is 11.4. The van der Waals surface area contributed by atoms with E-state index in [0.29, 0.717) is 28.7 Å². The first-order valence-corrected chi connectivity index (χ1v) is 13.2. The van der Waals surface area contributed by atoms with Crippen LogP contribution in [0.2, 0.25) is 0 Å². The predicted molar refractivity (Wildman–Crippen MR) is 138 cm³/mol. The minimum Gasteiger partial charge on any atom is -0.462 e. The van der Waals surface area contributed by atoms with Crippen LogP contribution in [0.3, 0.4) is 0 Å². The number of Topliss-reactive ketones (excluding diaryl/α,β-unsaturated/α-hetero) is 1. The predicted octanol–water partition coefficient (Wildman–Crippen LogP) is 3.85. The van der Waals surface area contributed by atoms with Gasteiger partial charge in [-0.15, -0.1) is 0 Å². The monoisotopic (exact) mass is 512 g/mol. The third kappa shape index (κ3) is 3.64. The molecule has 0 aliphatic heterocycles. The van der Waals surface area contributed by atoms with Crippen LogP contribution in [0, 0.1) is 34.5 Å². The van der Waals surface area contributed by atoms with E-state index < -0.39 is 40.5 Å². The van der Waals surface area contributed by atoms with Gasteiger partial charge >= 0.3 is 11.9 Å². The standard InChI is InChI=1S/C30H40O7/c1-9-15(3)26(33)36-14-28(8)21-12-19(7)29-13-18(6)25(37-27(34)16(4)10-2)30(29,35)23(31)17(5)11-20(22(21)28)24(29)32/h9-11,13,19-23,25,31,35H,12,14H2,1-8H3/b15-9+,16-10-/t19-,20+,21-,22+,23-,25+,28-,29+,30+/m1/s1. The highest BCUT2D eigenvalue weighted by Gasteiger charge is 2.77. The van der Waals surface area contributed by atoms with Crippen molar-refractivity contribution in [3.05, 3.63) is 46.6 Å². The molecule has 0 radical (unpaired) electrons. The van der Waals surface area contributed by atoms with Crippen LogP contribution in [0.4, 0.5) is 0 Å². The minimum atomic E-state index is -2.03. The van der Waals surface area contributed by atoms with Gasteiger partial charge in [-0.25, -0.2) is 9.59 Å². The number of hydrogen-bond acceptors (Lipinski definition) is 7. The number of allylic oxidation sites excluding steroid dienone is 3. The molecule has 4 rings (SSSR count). The molecule has 2 fully saturated rings. The zero-order valence-electron chi connectivity index (χ0n) is 23.1. The van der Waals surface area contributed by atoms with Crippen LogP contribution >= 0.6 is 0 Å². The molecule has 0 saturated heterocycles. The summed E-state index contributed by atoms with van der Waals surface area (Å²) >= 11 is 0. The summed E-state index contributed by atoms with van der Waals surface area (Å²) in [6.45, 7) is 14.5. The Morgan fingerprint density at radius 3 is 2.30 bits per heavy atom. The molecule has 1 spiro atoms. The lowest BCUT2D eigenvalue weighted by Gasteiger charge is -2.48. The van der Waals surface area contributed by atoms with Crippen LogP contribution in [0.1, 0.15) is 61.8 Å². The number of ether oxygens (including phenoxy) is 2. The highest BCUT2D eigenvalue weighted by molar-refractivity contribution is 5.96. The maximum Gasteiger partial charge on any atom is 0.334 e. The summed E-state index contributed by atoms with van der Waals surface area (Å²) in [5.41, 5.74) is -1.90. The molecule has 202 valence electrons. The van der Waals surface area contributed by atoms with Crippen molar-refractivity contribution in [1.82, 2.24) is 0 Å². The molecule has 0 heterocycles. The first-order valence-electron chi connectivity index (χ1n) is 13.2. The zero-order valence-corrected chi connectivity index (χ0v) is 23.1. The van der Waals surface area contributed by atoms with Crippen LogP contribution < -0.4 is 0 Å². The van der Waals surface area contributed by atoms with Crippen molar-refractivity contribution >= 4 is 17.7 Å². The SMILES string of the molecule is C/C=C(/C)C(=O)O[C@H]1C(C)=C[C@]23C(=O)[C@@H](C=C(C)[C@@H](O)[C@]12O)[C@H]1[C@@H](C[C@H]3C)[C@@]1(C)COC(=O)/C(C)=C/C. The molecular weight excluding hydrogens is 472 g/mol. The van der Waals surface area contributed by atoms with E-state index >= 15 is 0 Å². The zero-order chi connectivity index (χ0) is 27.7. The molecule has 0 unspecified atom stereocenters. The summed E-state index contributed by atoms with van der Waals surface area (Å²) in [4.78, 5) is 39.6. The summed E-state index contributed by atoms with van der Waals surface area (Å²) in [5, 5.41) is 24.0. The summed E-state index contributed by atoms with van der Waals surface area (Å²) in [6.07, 6.45) is 4.90. The number of rotatable bonds is 5. The lowest BCUT2D eigenvalue weighted by atomic mass is 9.59. The summed E-state index contributed by atoms with van der Waals surface area (Å²) in [5.74, 6) is -2.05. The second-order valence-corrected chi connectivity index (χ2v) is 11.9. The normalized spacial score (nSPS) is 43.0. The third-order valence-electron chi connectivity index (χ3n) is 9.89. The molecule has 2 N–H and O–H groups in total. The number of carbonyl (C=O) groups excluding carboxylic acids is 3. The quantitative estimate of drug-likeness (QED) is 0.327. The van der Waals surface area contributed by atoms with Crippen molar-refractivity contribution in [2.75, 3.05) is 6.61 Å². The Balaban J connectivity index is 1.75. The Kier molecular flexibility index (Phi) is 6.73. The van der Waals surface area contributed by atoms with E-state index in [2.05, 4.69) is 6.92 Å². The Bertz CT molecular complexity index is 1160. The molecule has 9 atom stereocenters.